The number of pyridine rings is 1. The number of benzene rings is 1. The maximum atomic E-state index is 13.6. The second-order valence-corrected chi connectivity index (χ2v) is 22.5. The van der Waals surface area contributed by atoms with Gasteiger partial charge in [0.15, 0.2) is 8.32 Å². The Morgan fingerprint density at radius 2 is 1.56 bits per heavy atom. The summed E-state index contributed by atoms with van der Waals surface area (Å²) in [5.41, 5.74) is 4.36. The van der Waals surface area contributed by atoms with Crippen LogP contribution >= 0.6 is 10.2 Å². The molecule has 242 valence electrons. The fourth-order valence-corrected chi connectivity index (χ4v) is 8.59. The third-order valence-corrected chi connectivity index (χ3v) is 15.5. The van der Waals surface area contributed by atoms with Gasteiger partial charge in [-0.05, 0) is 65.6 Å². The van der Waals surface area contributed by atoms with Crippen LogP contribution < -0.4 is 0 Å². The second-order valence-electron chi connectivity index (χ2n) is 15.4. The average Bonchev–Trinajstić information content (AvgIpc) is 3.15. The molecule has 1 spiro atoms. The summed E-state index contributed by atoms with van der Waals surface area (Å²) in [5, 5.41) is -0.0246. The maximum absolute atomic E-state index is 13.6. The lowest BCUT2D eigenvalue weighted by Gasteiger charge is -2.46. The first-order valence-electron chi connectivity index (χ1n) is 15.2. The molecule has 11 heteroatoms. The number of rotatable bonds is 5. The molecule has 1 aliphatic carbocycles. The molecule has 2 unspecified atom stereocenters. The largest absolute Gasteiger partial charge is 0.410 e. The van der Waals surface area contributed by atoms with Gasteiger partial charge in [-0.25, -0.2) is 0 Å². The van der Waals surface area contributed by atoms with Gasteiger partial charge in [-0.1, -0.05) is 80.0 Å². The zero-order valence-corrected chi connectivity index (χ0v) is 28.6. The summed E-state index contributed by atoms with van der Waals surface area (Å²) in [6, 6.07) is 3.25. The molecule has 1 aromatic carbocycles. The lowest BCUT2D eigenvalue weighted by molar-refractivity contribution is -0.122. The molecule has 0 bridgehead atoms. The zero-order valence-electron chi connectivity index (χ0n) is 26.8. The molecule has 0 N–H and O–H groups in total. The van der Waals surface area contributed by atoms with Crippen molar-refractivity contribution in [1.82, 2.24) is 4.98 Å². The van der Waals surface area contributed by atoms with E-state index in [1.807, 2.05) is 0 Å². The van der Waals surface area contributed by atoms with Crippen LogP contribution in [0.2, 0.25) is 18.1 Å². The molecule has 2 aliphatic heterocycles. The van der Waals surface area contributed by atoms with Gasteiger partial charge < -0.3 is 13.9 Å². The predicted octanol–water partition coefficient (Wildman–Crippen LogP) is 11.0. The molecule has 43 heavy (non-hydrogen) atoms. The molecule has 0 saturated carbocycles. The van der Waals surface area contributed by atoms with Crippen molar-refractivity contribution in [2.45, 2.75) is 121 Å². The Labute approximate surface area is 253 Å². The van der Waals surface area contributed by atoms with Gasteiger partial charge in [-0.15, -0.1) is 0 Å². The van der Waals surface area contributed by atoms with E-state index in [1.165, 1.54) is 0 Å². The molecule has 0 radical (unpaired) electrons. The molecular formula is C32H46F5NO3SSi. The molecule has 2 atom stereocenters. The number of fused-ring (bicyclic) bond motifs is 4. The fourth-order valence-electron chi connectivity index (χ4n) is 6.67. The van der Waals surface area contributed by atoms with Gasteiger partial charge in [0, 0.05) is 48.6 Å². The number of ether oxygens (including phenoxy) is 2. The monoisotopic (exact) mass is 647 g/mol. The molecule has 5 rings (SSSR count). The van der Waals surface area contributed by atoms with E-state index >= 15 is 0 Å². The first-order valence-corrected chi connectivity index (χ1v) is 20.0. The summed E-state index contributed by atoms with van der Waals surface area (Å²) < 4.78 is 87.9. The van der Waals surface area contributed by atoms with E-state index in [9.17, 15) is 19.4 Å². The summed E-state index contributed by atoms with van der Waals surface area (Å²) in [6.45, 7) is 20.7. The Morgan fingerprint density at radius 3 is 2.07 bits per heavy atom. The minimum Gasteiger partial charge on any atom is -0.410 e. The van der Waals surface area contributed by atoms with Gasteiger partial charge in [0.05, 0.1) is 11.7 Å². The van der Waals surface area contributed by atoms with Gasteiger partial charge in [-0.3, -0.25) is 4.98 Å². The minimum atomic E-state index is -9.82. The lowest BCUT2D eigenvalue weighted by Crippen LogP contribution is -2.45. The maximum Gasteiger partial charge on any atom is 0.310 e. The van der Waals surface area contributed by atoms with Gasteiger partial charge in [0.1, 0.15) is 11.0 Å². The smallest absolute Gasteiger partial charge is 0.310 e. The molecule has 3 heterocycles. The molecule has 0 amide bonds. The van der Waals surface area contributed by atoms with Crippen LogP contribution in [-0.2, 0) is 25.9 Å². The summed E-state index contributed by atoms with van der Waals surface area (Å²) >= 11 is 0. The second kappa shape index (κ2) is 9.50. The van der Waals surface area contributed by atoms with E-state index in [0.717, 1.165) is 53.1 Å². The van der Waals surface area contributed by atoms with Crippen molar-refractivity contribution >= 4 is 18.5 Å². The normalized spacial score (nSPS) is 25.3. The molecule has 1 saturated heterocycles. The number of halogens is 5. The highest BCUT2D eigenvalue weighted by molar-refractivity contribution is 8.45. The Morgan fingerprint density at radius 1 is 0.977 bits per heavy atom. The van der Waals surface area contributed by atoms with Gasteiger partial charge in [0.25, 0.3) is 0 Å². The van der Waals surface area contributed by atoms with Crippen LogP contribution in [-0.4, -0.2) is 26.5 Å². The number of hydrogen-bond acceptors (Lipinski definition) is 4. The number of hydrogen-bond donors (Lipinski definition) is 0. The predicted molar refractivity (Wildman–Crippen MR) is 164 cm³/mol. The Kier molecular flexibility index (Phi) is 7.26. The van der Waals surface area contributed by atoms with Crippen molar-refractivity contribution in [3.63, 3.8) is 0 Å². The fraction of sp³-hybridized carbons (Fsp3) is 0.656. The average molecular weight is 648 g/mol. The molecule has 4 nitrogen and oxygen atoms in total. The van der Waals surface area contributed by atoms with Crippen LogP contribution in [0.1, 0.15) is 119 Å². The van der Waals surface area contributed by atoms with Crippen molar-refractivity contribution in [2.75, 3.05) is 13.2 Å². The third kappa shape index (κ3) is 6.05. The van der Waals surface area contributed by atoms with Crippen molar-refractivity contribution in [1.29, 1.82) is 0 Å². The first kappa shape index (κ1) is 32.8. The molecule has 2 aromatic rings. The third-order valence-electron chi connectivity index (χ3n) is 9.87. The van der Waals surface area contributed by atoms with Gasteiger partial charge in [0.2, 0.25) is 0 Å². The van der Waals surface area contributed by atoms with Crippen LogP contribution in [0.5, 0.6) is 0 Å². The van der Waals surface area contributed by atoms with Crippen molar-refractivity contribution in [3.8, 4) is 0 Å². The molecule has 1 aromatic heterocycles. The Bertz CT molecular complexity index is 1410. The standard InChI is InChI=1S/C32H46F5NO3SSi/c1-20(2)28-26-27(25-23(38-28)18-31(6,7)19-24(25)41-43(8,9)30(3,4)5)32(14-16-39-17-15-32)40-29(26)21-10-12-22(13-11-21)42(33,34,35,36)37/h10-13,20,24,29H,14-19H2,1-9H3. The van der Waals surface area contributed by atoms with Crippen LogP contribution in [0.25, 0.3) is 0 Å². The Hall–Kier alpha value is -1.53. The van der Waals surface area contributed by atoms with Gasteiger partial charge >= 0.3 is 10.2 Å². The van der Waals surface area contributed by atoms with E-state index in [4.69, 9.17) is 18.9 Å². The van der Waals surface area contributed by atoms with E-state index in [-0.39, 0.29) is 22.5 Å². The number of nitrogens with zero attached hydrogens (tertiary/aromatic N) is 1. The highest BCUT2D eigenvalue weighted by Gasteiger charge is 2.65. The van der Waals surface area contributed by atoms with Crippen LogP contribution in [0, 0.1) is 5.41 Å². The quantitative estimate of drug-likeness (QED) is 0.239. The van der Waals surface area contributed by atoms with Crippen molar-refractivity contribution < 1.29 is 33.3 Å². The topological polar surface area (TPSA) is 40.6 Å². The molecule has 3 aliphatic rings. The van der Waals surface area contributed by atoms with E-state index in [1.54, 1.807) is 0 Å². The van der Waals surface area contributed by atoms with Crippen LogP contribution in [0.3, 0.4) is 0 Å². The summed E-state index contributed by atoms with van der Waals surface area (Å²) in [6.07, 6.45) is 1.74. The molecule has 1 fully saturated rings. The highest BCUT2D eigenvalue weighted by atomic mass is 32.5. The van der Waals surface area contributed by atoms with Crippen molar-refractivity contribution in [3.05, 3.63) is 57.9 Å². The molecular weight excluding hydrogens is 601 g/mol. The van der Waals surface area contributed by atoms with Crippen molar-refractivity contribution in [2.24, 2.45) is 5.41 Å². The first-order chi connectivity index (χ1) is 19.3. The van der Waals surface area contributed by atoms with Gasteiger partial charge in [-0.2, -0.15) is 0 Å². The summed E-state index contributed by atoms with van der Waals surface area (Å²) in [4.78, 5) is 3.38. The number of aromatic nitrogens is 1. The van der Waals surface area contributed by atoms with Crippen LogP contribution in [0.4, 0.5) is 19.4 Å². The van der Waals surface area contributed by atoms with Crippen LogP contribution in [0.15, 0.2) is 29.2 Å². The highest BCUT2D eigenvalue weighted by Crippen LogP contribution is 3.02. The van der Waals surface area contributed by atoms with E-state index < -0.39 is 35.1 Å². The van der Waals surface area contributed by atoms with E-state index in [0.29, 0.717) is 43.8 Å². The summed E-state index contributed by atoms with van der Waals surface area (Å²) in [5.74, 6) is -0.00564. The minimum absolute atomic E-state index is 0.00564. The summed E-state index contributed by atoms with van der Waals surface area (Å²) in [7, 11) is -12.1. The Balaban J connectivity index is 1.76. The SMILES string of the molecule is CC(C)c1nc2c(c3c1C(c1ccc(S(F)(F)(F)(F)F)cc1)OC31CCOCC1)C(O[Si](C)(C)C(C)(C)C)CC(C)(C)C2. The lowest BCUT2D eigenvalue weighted by atomic mass is 9.70. The van der Waals surface area contributed by atoms with E-state index in [2.05, 4.69) is 61.6 Å². The zero-order chi connectivity index (χ0) is 32.1.